The van der Waals surface area contributed by atoms with Crippen LogP contribution in [0.3, 0.4) is 0 Å². The lowest BCUT2D eigenvalue weighted by Crippen LogP contribution is -2.32. The summed E-state index contributed by atoms with van der Waals surface area (Å²) in [5.41, 5.74) is 2.48. The average Bonchev–Trinajstić information content (AvgIpc) is 2.78. The Balaban J connectivity index is 1.66. The van der Waals surface area contributed by atoms with Crippen LogP contribution in [0.15, 0.2) is 36.4 Å². The molecule has 0 atom stereocenters. The van der Waals surface area contributed by atoms with E-state index in [-0.39, 0.29) is 17.1 Å². The van der Waals surface area contributed by atoms with Gasteiger partial charge in [-0.2, -0.15) is 0 Å². The molecule has 130 valence electrons. The number of phenols is 1. The summed E-state index contributed by atoms with van der Waals surface area (Å²) in [5, 5.41) is 9.61. The number of carbonyl (C=O) groups excluding carboxylic acids is 1. The van der Waals surface area contributed by atoms with Gasteiger partial charge in [0.15, 0.2) is 0 Å². The average molecular weight is 339 g/mol. The topological polar surface area (TPSA) is 59.0 Å². The summed E-state index contributed by atoms with van der Waals surface area (Å²) in [6.07, 6.45) is 0. The van der Waals surface area contributed by atoms with E-state index >= 15 is 0 Å². The summed E-state index contributed by atoms with van der Waals surface area (Å²) in [4.78, 5) is 14.9. The number of hydrogen-bond acceptors (Lipinski definition) is 4. The molecule has 0 unspecified atom stereocenters. The minimum atomic E-state index is -0.0857. The highest BCUT2D eigenvalue weighted by molar-refractivity contribution is 5.97. The molecule has 5 heteroatoms. The molecule has 0 aliphatic carbocycles. The second-order valence-electron chi connectivity index (χ2n) is 7.22. The molecule has 2 aliphatic heterocycles. The minimum Gasteiger partial charge on any atom is -0.508 e. The highest BCUT2D eigenvalue weighted by Crippen LogP contribution is 2.41. The van der Waals surface area contributed by atoms with E-state index < -0.39 is 0 Å². The summed E-state index contributed by atoms with van der Waals surface area (Å²) in [6, 6.07) is 10.8. The highest BCUT2D eigenvalue weighted by atomic mass is 16.5. The van der Waals surface area contributed by atoms with Crippen molar-refractivity contribution in [2.45, 2.75) is 25.8 Å². The molecule has 2 aromatic rings. The molecule has 0 bridgehead atoms. The lowest BCUT2D eigenvalue weighted by atomic mass is 9.86. The Morgan fingerprint density at radius 3 is 2.88 bits per heavy atom. The van der Waals surface area contributed by atoms with Gasteiger partial charge < -0.3 is 19.5 Å². The molecule has 2 aliphatic rings. The lowest BCUT2D eigenvalue weighted by molar-refractivity contribution is 0.0729. The van der Waals surface area contributed by atoms with Gasteiger partial charge in [-0.25, -0.2) is 0 Å². The van der Waals surface area contributed by atoms with Gasteiger partial charge in [-0.3, -0.25) is 4.79 Å². The fraction of sp³-hybridized carbons (Fsp3) is 0.350. The molecule has 0 saturated heterocycles. The quantitative estimate of drug-likeness (QED) is 0.867. The minimum absolute atomic E-state index is 0.0564. The predicted molar refractivity (Wildman–Crippen MR) is 93.3 cm³/mol. The van der Waals surface area contributed by atoms with Crippen LogP contribution in [0, 0.1) is 0 Å². The van der Waals surface area contributed by atoms with Gasteiger partial charge in [0.1, 0.15) is 23.9 Å². The van der Waals surface area contributed by atoms with Gasteiger partial charge in [0.2, 0.25) is 0 Å². The van der Waals surface area contributed by atoms with Gasteiger partial charge in [-0.15, -0.1) is 0 Å². The monoisotopic (exact) mass is 339 g/mol. The number of carbonyl (C=O) groups is 1. The van der Waals surface area contributed by atoms with Crippen molar-refractivity contribution in [1.29, 1.82) is 0 Å². The van der Waals surface area contributed by atoms with Crippen LogP contribution in [0.5, 0.6) is 17.2 Å². The van der Waals surface area contributed by atoms with E-state index in [0.717, 1.165) is 11.1 Å². The first kappa shape index (κ1) is 15.8. The maximum Gasteiger partial charge on any atom is 0.258 e. The number of benzene rings is 2. The zero-order valence-corrected chi connectivity index (χ0v) is 14.4. The number of hydrogen-bond donors (Lipinski definition) is 1. The molecule has 1 amide bonds. The Morgan fingerprint density at radius 2 is 2.04 bits per heavy atom. The molecule has 25 heavy (non-hydrogen) atoms. The third-order valence-electron chi connectivity index (χ3n) is 4.87. The van der Waals surface area contributed by atoms with E-state index in [1.54, 1.807) is 23.1 Å². The molecule has 2 aromatic carbocycles. The van der Waals surface area contributed by atoms with Crippen LogP contribution < -0.4 is 9.47 Å². The molecule has 0 aromatic heterocycles. The van der Waals surface area contributed by atoms with E-state index in [1.165, 1.54) is 0 Å². The Bertz CT molecular complexity index is 844. The zero-order valence-electron chi connectivity index (χ0n) is 14.4. The van der Waals surface area contributed by atoms with Crippen molar-refractivity contribution in [2.24, 2.45) is 0 Å². The van der Waals surface area contributed by atoms with Crippen LogP contribution in [0.1, 0.15) is 35.3 Å². The van der Waals surface area contributed by atoms with E-state index in [1.807, 2.05) is 18.2 Å². The molecule has 4 rings (SSSR count). The number of rotatable bonds is 1. The molecule has 0 spiro atoms. The fourth-order valence-electron chi connectivity index (χ4n) is 3.43. The van der Waals surface area contributed by atoms with Gasteiger partial charge >= 0.3 is 0 Å². The second kappa shape index (κ2) is 5.69. The number of para-hydroxylation sites is 1. The van der Waals surface area contributed by atoms with Crippen LogP contribution in [0.4, 0.5) is 0 Å². The van der Waals surface area contributed by atoms with Crippen molar-refractivity contribution in [3.63, 3.8) is 0 Å². The molecular formula is C20H21NO4. The fourth-order valence-corrected chi connectivity index (χ4v) is 3.43. The number of phenolic OH excluding ortho intramolecular Hbond substituents is 1. The number of ether oxygens (including phenoxy) is 2. The van der Waals surface area contributed by atoms with Crippen LogP contribution >= 0.6 is 0 Å². The van der Waals surface area contributed by atoms with Crippen molar-refractivity contribution in [1.82, 2.24) is 4.90 Å². The molecular weight excluding hydrogens is 318 g/mol. The van der Waals surface area contributed by atoms with Crippen LogP contribution in [-0.2, 0) is 12.0 Å². The molecule has 0 fully saturated rings. The summed E-state index contributed by atoms with van der Waals surface area (Å²) >= 11 is 0. The van der Waals surface area contributed by atoms with E-state index in [2.05, 4.69) is 13.8 Å². The molecule has 2 heterocycles. The highest BCUT2D eigenvalue weighted by Gasteiger charge is 2.35. The van der Waals surface area contributed by atoms with Crippen molar-refractivity contribution in [3.05, 3.63) is 53.1 Å². The SMILES string of the molecule is CC1(C)COc2c(C(=O)N3CCOc4cc(O)ccc4C3)cccc21. The van der Waals surface area contributed by atoms with Gasteiger partial charge in [0.25, 0.3) is 5.91 Å². The Hall–Kier alpha value is -2.69. The summed E-state index contributed by atoms with van der Waals surface area (Å²) in [5.74, 6) is 1.44. The Kier molecular flexibility index (Phi) is 3.60. The third kappa shape index (κ3) is 2.69. The summed E-state index contributed by atoms with van der Waals surface area (Å²) in [7, 11) is 0. The summed E-state index contributed by atoms with van der Waals surface area (Å²) in [6.45, 7) is 6.15. The van der Waals surface area contributed by atoms with E-state index in [4.69, 9.17) is 9.47 Å². The first-order valence-electron chi connectivity index (χ1n) is 8.46. The van der Waals surface area contributed by atoms with E-state index in [9.17, 15) is 9.90 Å². The number of amides is 1. The molecule has 0 saturated carbocycles. The second-order valence-corrected chi connectivity index (χ2v) is 7.22. The maximum absolute atomic E-state index is 13.1. The first-order chi connectivity index (χ1) is 12.0. The third-order valence-corrected chi connectivity index (χ3v) is 4.87. The molecule has 1 N–H and O–H groups in total. The van der Waals surface area contributed by atoms with Gasteiger partial charge in [-0.05, 0) is 18.2 Å². The first-order valence-corrected chi connectivity index (χ1v) is 8.46. The normalized spacial score (nSPS) is 17.8. The predicted octanol–water partition coefficient (Wildman–Crippen LogP) is 3.10. The number of aromatic hydroxyl groups is 1. The van der Waals surface area contributed by atoms with Gasteiger partial charge in [0, 0.05) is 29.2 Å². The number of nitrogens with zero attached hydrogens (tertiary/aromatic N) is 1. The van der Waals surface area contributed by atoms with Gasteiger partial charge in [0.05, 0.1) is 18.7 Å². The smallest absolute Gasteiger partial charge is 0.258 e. The largest absolute Gasteiger partial charge is 0.508 e. The van der Waals surface area contributed by atoms with Crippen LogP contribution in [-0.4, -0.2) is 35.7 Å². The lowest BCUT2D eigenvalue weighted by Gasteiger charge is -2.21. The van der Waals surface area contributed by atoms with Crippen LogP contribution in [0.25, 0.3) is 0 Å². The standard InChI is InChI=1S/C20H21NO4/c1-20(2)12-25-18-15(4-3-5-16(18)20)19(23)21-8-9-24-17-10-14(22)7-6-13(17)11-21/h3-7,10,22H,8-9,11-12H2,1-2H3. The zero-order chi connectivity index (χ0) is 17.6. The van der Waals surface area contributed by atoms with E-state index in [0.29, 0.717) is 43.4 Å². The summed E-state index contributed by atoms with van der Waals surface area (Å²) < 4.78 is 11.5. The Morgan fingerprint density at radius 1 is 1.20 bits per heavy atom. The molecule has 5 nitrogen and oxygen atoms in total. The van der Waals surface area contributed by atoms with Crippen LogP contribution in [0.2, 0.25) is 0 Å². The maximum atomic E-state index is 13.1. The number of fused-ring (bicyclic) bond motifs is 2. The van der Waals surface area contributed by atoms with Crippen molar-refractivity contribution in [3.8, 4) is 17.2 Å². The Labute approximate surface area is 146 Å². The van der Waals surface area contributed by atoms with Gasteiger partial charge in [-0.1, -0.05) is 26.0 Å². The van der Waals surface area contributed by atoms with Crippen molar-refractivity contribution >= 4 is 5.91 Å². The van der Waals surface area contributed by atoms with Crippen molar-refractivity contribution in [2.75, 3.05) is 19.8 Å². The molecule has 0 radical (unpaired) electrons. The van der Waals surface area contributed by atoms with Crippen molar-refractivity contribution < 1.29 is 19.4 Å².